The highest BCUT2D eigenvalue weighted by Gasteiger charge is 2.02. The van der Waals surface area contributed by atoms with Gasteiger partial charge in [0, 0.05) is 6.54 Å². The van der Waals surface area contributed by atoms with Gasteiger partial charge in [-0.3, -0.25) is 4.68 Å². The highest BCUT2D eigenvalue weighted by molar-refractivity contribution is 6.41. The van der Waals surface area contributed by atoms with Gasteiger partial charge in [0.1, 0.15) is 16.4 Å². The fourth-order valence-corrected chi connectivity index (χ4v) is 0.852. The Balaban J connectivity index is 3.04. The van der Waals surface area contributed by atoms with Gasteiger partial charge in [-0.15, -0.1) is 0 Å². The zero-order valence-electron chi connectivity index (χ0n) is 4.86. The van der Waals surface area contributed by atoms with Gasteiger partial charge in [0.25, 0.3) is 0 Å². The van der Waals surface area contributed by atoms with Crippen molar-refractivity contribution in [2.45, 2.75) is 13.5 Å². The molecular weight excluding hydrogens is 159 g/mol. The molecule has 0 fully saturated rings. The molecule has 9 heavy (non-hydrogen) atoms. The summed E-state index contributed by atoms with van der Waals surface area (Å²) in [6, 6.07) is 0. The van der Waals surface area contributed by atoms with Gasteiger partial charge >= 0.3 is 0 Å². The number of rotatable bonds is 1. The summed E-state index contributed by atoms with van der Waals surface area (Å²) in [5.74, 6) is 0. The van der Waals surface area contributed by atoms with E-state index in [0.717, 1.165) is 6.54 Å². The molecule has 0 aliphatic carbocycles. The van der Waals surface area contributed by atoms with Crippen molar-refractivity contribution in [3.05, 3.63) is 16.4 Å². The largest absolute Gasteiger partial charge is 0.252 e. The van der Waals surface area contributed by atoms with Crippen molar-refractivity contribution in [3.63, 3.8) is 0 Å². The lowest BCUT2D eigenvalue weighted by molar-refractivity contribution is 0.659. The molecule has 1 aromatic rings. The third kappa shape index (κ3) is 1.19. The van der Waals surface area contributed by atoms with Gasteiger partial charge in [-0.2, -0.15) is 5.10 Å². The average Bonchev–Trinajstić information content (AvgIpc) is 2.15. The standard InChI is InChI=1S/C5H5Cl2N2/c1-2-9-5(7)4(6)3-8-9/h2H2,1H3. The van der Waals surface area contributed by atoms with Crippen LogP contribution in [0.25, 0.3) is 0 Å². The second kappa shape index (κ2) is 2.58. The maximum absolute atomic E-state index is 5.65. The highest BCUT2D eigenvalue weighted by Crippen LogP contribution is 2.19. The zero-order chi connectivity index (χ0) is 6.85. The minimum Gasteiger partial charge on any atom is -0.252 e. The summed E-state index contributed by atoms with van der Waals surface area (Å²) in [4.78, 5) is 0. The van der Waals surface area contributed by atoms with Crippen LogP contribution in [0.3, 0.4) is 0 Å². The van der Waals surface area contributed by atoms with Gasteiger partial charge in [-0.25, -0.2) is 0 Å². The van der Waals surface area contributed by atoms with Gasteiger partial charge in [-0.05, 0) is 6.92 Å². The van der Waals surface area contributed by atoms with E-state index in [9.17, 15) is 0 Å². The summed E-state index contributed by atoms with van der Waals surface area (Å²) in [6.45, 7) is 2.66. The first-order chi connectivity index (χ1) is 4.25. The number of hydrogen-bond donors (Lipinski definition) is 0. The molecule has 1 heterocycles. The lowest BCUT2D eigenvalue weighted by Crippen LogP contribution is -1.94. The van der Waals surface area contributed by atoms with Crippen molar-refractivity contribution in [3.8, 4) is 0 Å². The fraction of sp³-hybridized carbons (Fsp3) is 0.400. The second-order valence-electron chi connectivity index (χ2n) is 1.53. The summed E-state index contributed by atoms with van der Waals surface area (Å²) in [5, 5.41) is 4.61. The van der Waals surface area contributed by atoms with Crippen LogP contribution in [0.15, 0.2) is 0 Å². The quantitative estimate of drug-likeness (QED) is 0.620. The Labute approximate surface area is 63.4 Å². The third-order valence-electron chi connectivity index (χ3n) is 0.976. The van der Waals surface area contributed by atoms with E-state index in [1.807, 2.05) is 6.92 Å². The second-order valence-corrected chi connectivity index (χ2v) is 2.27. The molecule has 2 nitrogen and oxygen atoms in total. The topological polar surface area (TPSA) is 17.8 Å². The maximum Gasteiger partial charge on any atom is 0.146 e. The van der Waals surface area contributed by atoms with Crippen molar-refractivity contribution < 1.29 is 0 Å². The Hall–Kier alpha value is -0.210. The Bertz CT molecular complexity index is 207. The molecule has 0 aliphatic rings. The summed E-state index contributed by atoms with van der Waals surface area (Å²) in [5.41, 5.74) is 0. The first kappa shape index (κ1) is 6.90. The minimum atomic E-state index is 0.388. The van der Waals surface area contributed by atoms with Crippen molar-refractivity contribution in [1.82, 2.24) is 9.78 Å². The normalized spacial score (nSPS) is 10.1. The molecule has 0 unspecified atom stereocenters. The van der Waals surface area contributed by atoms with Crippen LogP contribution in [-0.2, 0) is 6.54 Å². The van der Waals surface area contributed by atoms with E-state index in [-0.39, 0.29) is 0 Å². The third-order valence-corrected chi connectivity index (χ3v) is 1.72. The molecule has 0 aromatic carbocycles. The molecule has 0 N–H and O–H groups in total. The van der Waals surface area contributed by atoms with Crippen LogP contribution in [0.4, 0.5) is 0 Å². The maximum atomic E-state index is 5.65. The molecule has 0 saturated heterocycles. The first-order valence-corrected chi connectivity index (χ1v) is 3.30. The van der Waals surface area contributed by atoms with E-state index in [4.69, 9.17) is 23.2 Å². The molecule has 49 valence electrons. The zero-order valence-corrected chi connectivity index (χ0v) is 6.37. The van der Waals surface area contributed by atoms with E-state index in [2.05, 4.69) is 11.3 Å². The highest BCUT2D eigenvalue weighted by atomic mass is 35.5. The summed E-state index contributed by atoms with van der Waals surface area (Å²) < 4.78 is 1.57. The molecule has 0 spiro atoms. The number of hydrogen-bond acceptors (Lipinski definition) is 1. The van der Waals surface area contributed by atoms with Crippen LogP contribution in [0.2, 0.25) is 10.2 Å². The van der Waals surface area contributed by atoms with Gasteiger partial charge in [-0.1, -0.05) is 23.2 Å². The fourth-order valence-electron chi connectivity index (χ4n) is 0.517. The van der Waals surface area contributed by atoms with Crippen LogP contribution in [-0.4, -0.2) is 9.78 Å². The molecule has 0 atom stereocenters. The number of aromatic nitrogens is 2. The van der Waals surface area contributed by atoms with Crippen LogP contribution < -0.4 is 0 Å². The van der Waals surface area contributed by atoms with Crippen LogP contribution in [0.5, 0.6) is 0 Å². The summed E-state index contributed by atoms with van der Waals surface area (Å²) in [6.07, 6.45) is 2.53. The van der Waals surface area contributed by atoms with Crippen molar-refractivity contribution in [1.29, 1.82) is 0 Å². The van der Waals surface area contributed by atoms with E-state index in [1.54, 1.807) is 4.68 Å². The summed E-state index contributed by atoms with van der Waals surface area (Å²) in [7, 11) is 0. The average molecular weight is 164 g/mol. The Kier molecular flexibility index (Phi) is 1.98. The lowest BCUT2D eigenvalue weighted by atomic mass is 10.7. The monoisotopic (exact) mass is 163 g/mol. The van der Waals surface area contributed by atoms with E-state index in [1.165, 1.54) is 0 Å². The van der Waals surface area contributed by atoms with Crippen molar-refractivity contribution in [2.24, 2.45) is 0 Å². The smallest absolute Gasteiger partial charge is 0.146 e. The van der Waals surface area contributed by atoms with Crippen LogP contribution in [0.1, 0.15) is 6.92 Å². The minimum absolute atomic E-state index is 0.388. The predicted molar refractivity (Wildman–Crippen MR) is 36.8 cm³/mol. The summed E-state index contributed by atoms with van der Waals surface area (Å²) >= 11 is 11.2. The van der Waals surface area contributed by atoms with Crippen molar-refractivity contribution in [2.75, 3.05) is 0 Å². The Morgan fingerprint density at radius 2 is 2.33 bits per heavy atom. The predicted octanol–water partition coefficient (Wildman–Crippen LogP) is 2.01. The van der Waals surface area contributed by atoms with E-state index >= 15 is 0 Å². The Morgan fingerprint density at radius 3 is 2.56 bits per heavy atom. The molecule has 4 heteroatoms. The number of aryl methyl sites for hydroxylation is 1. The van der Waals surface area contributed by atoms with Crippen LogP contribution >= 0.6 is 23.2 Å². The molecule has 0 aliphatic heterocycles. The Morgan fingerprint density at radius 1 is 1.67 bits per heavy atom. The van der Waals surface area contributed by atoms with Gasteiger partial charge in [0.2, 0.25) is 0 Å². The van der Waals surface area contributed by atoms with E-state index < -0.39 is 0 Å². The van der Waals surface area contributed by atoms with Crippen LogP contribution in [0, 0.1) is 6.20 Å². The first-order valence-electron chi connectivity index (χ1n) is 2.55. The number of halogens is 2. The molecule has 1 aromatic heterocycles. The van der Waals surface area contributed by atoms with Gasteiger partial charge < -0.3 is 0 Å². The molecule has 0 amide bonds. The number of nitrogens with zero attached hydrogens (tertiary/aromatic N) is 2. The van der Waals surface area contributed by atoms with Gasteiger partial charge in [0.15, 0.2) is 0 Å². The lowest BCUT2D eigenvalue weighted by Gasteiger charge is -1.93. The molecule has 0 bridgehead atoms. The van der Waals surface area contributed by atoms with Gasteiger partial charge in [0.05, 0.1) is 0 Å². The van der Waals surface area contributed by atoms with E-state index in [0.29, 0.717) is 10.2 Å². The SMILES string of the molecule is CCn1n[c]c(Cl)c1Cl. The molecular formula is C5H5Cl2N2. The molecule has 1 rings (SSSR count). The molecule has 1 radical (unpaired) electrons. The molecule has 0 saturated carbocycles. The van der Waals surface area contributed by atoms with Crippen molar-refractivity contribution >= 4 is 23.2 Å².